The van der Waals surface area contributed by atoms with Crippen molar-refractivity contribution in [1.29, 1.82) is 0 Å². The summed E-state index contributed by atoms with van der Waals surface area (Å²) in [7, 11) is 3.03. The molecule has 1 amide bonds. The smallest absolute Gasteiger partial charge is 0.259 e. The van der Waals surface area contributed by atoms with Crippen LogP contribution in [-0.4, -0.2) is 39.9 Å². The van der Waals surface area contributed by atoms with E-state index in [0.29, 0.717) is 32.7 Å². The van der Waals surface area contributed by atoms with Gasteiger partial charge < -0.3 is 14.8 Å². The van der Waals surface area contributed by atoms with E-state index >= 15 is 0 Å². The lowest BCUT2D eigenvalue weighted by Gasteiger charge is -2.13. The summed E-state index contributed by atoms with van der Waals surface area (Å²) in [6.07, 6.45) is 1.53. The third kappa shape index (κ3) is 3.37. The van der Waals surface area contributed by atoms with Crippen LogP contribution in [-0.2, 0) is 0 Å². The normalized spacial score (nSPS) is 10.8. The highest BCUT2D eigenvalue weighted by atomic mass is 35.5. The zero-order valence-corrected chi connectivity index (χ0v) is 16.4. The number of amides is 1. The molecule has 2 heterocycles. The van der Waals surface area contributed by atoms with Crippen molar-refractivity contribution in [2.75, 3.05) is 19.5 Å². The molecule has 0 aliphatic rings. The van der Waals surface area contributed by atoms with Gasteiger partial charge in [0, 0.05) is 10.6 Å². The first-order valence-electron chi connectivity index (χ1n) is 8.09. The first kappa shape index (κ1) is 18.2. The van der Waals surface area contributed by atoms with Gasteiger partial charge in [-0.25, -0.2) is 0 Å². The zero-order valence-electron chi connectivity index (χ0n) is 14.8. The molecule has 0 bridgehead atoms. The maximum Gasteiger partial charge on any atom is 0.259 e. The quantitative estimate of drug-likeness (QED) is 0.533. The fourth-order valence-electron chi connectivity index (χ4n) is 2.66. The molecule has 0 atom stereocenters. The second-order valence-electron chi connectivity index (χ2n) is 5.68. The topological polar surface area (TPSA) is 90.6 Å². The summed E-state index contributed by atoms with van der Waals surface area (Å²) in [6.45, 7) is 0. The van der Waals surface area contributed by atoms with Crippen molar-refractivity contribution in [3.63, 3.8) is 0 Å². The number of hydrogen-bond donors (Lipinski definition) is 1. The van der Waals surface area contributed by atoms with Crippen LogP contribution in [0.3, 0.4) is 0 Å². The van der Waals surface area contributed by atoms with E-state index in [1.165, 1.54) is 31.9 Å². The molecular formula is C18H14ClN5O3S. The molecule has 0 saturated heterocycles. The summed E-state index contributed by atoms with van der Waals surface area (Å²) in [5.74, 6) is 0.569. The van der Waals surface area contributed by atoms with Gasteiger partial charge in [0.1, 0.15) is 22.8 Å². The van der Waals surface area contributed by atoms with Crippen molar-refractivity contribution in [2.24, 2.45) is 0 Å². The summed E-state index contributed by atoms with van der Waals surface area (Å²) in [5, 5.41) is 16.3. The lowest BCUT2D eigenvalue weighted by molar-refractivity contribution is 0.102. The largest absolute Gasteiger partial charge is 0.496 e. The molecule has 0 spiro atoms. The molecule has 28 heavy (non-hydrogen) atoms. The molecule has 10 heteroatoms. The van der Waals surface area contributed by atoms with E-state index in [1.807, 2.05) is 6.07 Å². The van der Waals surface area contributed by atoms with Crippen molar-refractivity contribution < 1.29 is 14.3 Å². The van der Waals surface area contributed by atoms with Gasteiger partial charge in [0.15, 0.2) is 0 Å². The third-order valence-corrected chi connectivity index (χ3v) is 5.18. The van der Waals surface area contributed by atoms with Crippen LogP contribution >= 0.6 is 22.9 Å². The van der Waals surface area contributed by atoms with E-state index in [4.69, 9.17) is 21.1 Å². The molecule has 0 aliphatic heterocycles. The number of nitrogens with zero attached hydrogens (tertiary/aromatic N) is 4. The molecule has 142 valence electrons. The van der Waals surface area contributed by atoms with Crippen LogP contribution in [0.1, 0.15) is 10.4 Å². The molecule has 2 aromatic carbocycles. The van der Waals surface area contributed by atoms with Gasteiger partial charge in [0.25, 0.3) is 5.91 Å². The Morgan fingerprint density at radius 1 is 1.14 bits per heavy atom. The Kier molecular flexibility index (Phi) is 4.84. The maximum absolute atomic E-state index is 12.8. The van der Waals surface area contributed by atoms with Gasteiger partial charge in [-0.05, 0) is 36.4 Å². The predicted octanol–water partition coefficient (Wildman–Crippen LogP) is 3.78. The highest BCUT2D eigenvalue weighted by Crippen LogP contribution is 2.33. The SMILES string of the molecule is COc1ccc(-c2nn3cnnc3s2)cc1NC(=O)c1cc(Cl)ccc1OC. The molecule has 4 aromatic rings. The maximum atomic E-state index is 12.8. The van der Waals surface area contributed by atoms with Gasteiger partial charge in [-0.3, -0.25) is 4.79 Å². The lowest BCUT2D eigenvalue weighted by Crippen LogP contribution is -2.14. The molecule has 8 nitrogen and oxygen atoms in total. The molecule has 0 radical (unpaired) electrons. The number of carbonyl (C=O) groups is 1. The van der Waals surface area contributed by atoms with Crippen LogP contribution < -0.4 is 14.8 Å². The number of ether oxygens (including phenoxy) is 2. The summed E-state index contributed by atoms with van der Waals surface area (Å²) >= 11 is 7.42. The van der Waals surface area contributed by atoms with Crippen LogP contribution in [0.4, 0.5) is 5.69 Å². The van der Waals surface area contributed by atoms with Gasteiger partial charge in [-0.15, -0.1) is 10.2 Å². The zero-order chi connectivity index (χ0) is 19.7. The molecule has 0 unspecified atom stereocenters. The second-order valence-corrected chi connectivity index (χ2v) is 7.07. The summed E-state index contributed by atoms with van der Waals surface area (Å²) < 4.78 is 12.2. The Hall–Kier alpha value is -3.17. The number of aromatic nitrogens is 4. The fraction of sp³-hybridized carbons (Fsp3) is 0.111. The van der Waals surface area contributed by atoms with Crippen LogP contribution in [0.25, 0.3) is 15.5 Å². The lowest BCUT2D eigenvalue weighted by atomic mass is 10.1. The number of carbonyl (C=O) groups excluding carboxylic acids is 1. The Morgan fingerprint density at radius 3 is 2.68 bits per heavy atom. The number of anilines is 1. The Balaban J connectivity index is 1.69. The highest BCUT2D eigenvalue weighted by molar-refractivity contribution is 7.19. The van der Waals surface area contributed by atoms with Crippen molar-refractivity contribution >= 4 is 39.5 Å². The van der Waals surface area contributed by atoms with Gasteiger partial charge in [-0.1, -0.05) is 22.9 Å². The van der Waals surface area contributed by atoms with Gasteiger partial charge in [0.05, 0.1) is 25.5 Å². The van der Waals surface area contributed by atoms with Gasteiger partial charge >= 0.3 is 0 Å². The third-order valence-electron chi connectivity index (χ3n) is 3.99. The number of methoxy groups -OCH3 is 2. The molecular weight excluding hydrogens is 402 g/mol. The Morgan fingerprint density at radius 2 is 1.93 bits per heavy atom. The first-order chi connectivity index (χ1) is 13.6. The summed E-state index contributed by atoms with van der Waals surface area (Å²) in [6, 6.07) is 10.3. The Bertz CT molecular complexity index is 1140. The number of nitrogens with one attached hydrogen (secondary N) is 1. The average Bonchev–Trinajstić information content (AvgIpc) is 3.30. The van der Waals surface area contributed by atoms with Crippen molar-refractivity contribution in [3.05, 3.63) is 53.3 Å². The Labute approximate surface area is 168 Å². The van der Waals surface area contributed by atoms with Crippen molar-refractivity contribution in [1.82, 2.24) is 19.8 Å². The minimum Gasteiger partial charge on any atom is -0.496 e. The number of rotatable bonds is 5. The van der Waals surface area contributed by atoms with E-state index in [1.54, 1.807) is 34.8 Å². The van der Waals surface area contributed by atoms with Gasteiger partial charge in [-0.2, -0.15) is 9.61 Å². The average molecular weight is 416 g/mol. The van der Waals surface area contributed by atoms with E-state index in [2.05, 4.69) is 20.6 Å². The number of fused-ring (bicyclic) bond motifs is 1. The van der Waals surface area contributed by atoms with Crippen molar-refractivity contribution in [2.45, 2.75) is 0 Å². The van der Waals surface area contributed by atoms with E-state index in [-0.39, 0.29) is 5.91 Å². The van der Waals surface area contributed by atoms with E-state index in [0.717, 1.165) is 10.6 Å². The summed E-state index contributed by atoms with van der Waals surface area (Å²) in [5.41, 5.74) is 1.63. The highest BCUT2D eigenvalue weighted by Gasteiger charge is 2.17. The minimum atomic E-state index is -0.368. The van der Waals surface area contributed by atoms with Crippen LogP contribution in [0.5, 0.6) is 11.5 Å². The second kappa shape index (κ2) is 7.45. The molecule has 4 rings (SSSR count). The summed E-state index contributed by atoms with van der Waals surface area (Å²) in [4.78, 5) is 13.5. The van der Waals surface area contributed by atoms with Crippen LogP contribution in [0.2, 0.25) is 5.02 Å². The molecule has 0 aliphatic carbocycles. The fourth-order valence-corrected chi connectivity index (χ4v) is 3.65. The number of halogens is 1. The molecule has 0 fully saturated rings. The number of hydrogen-bond acceptors (Lipinski definition) is 7. The van der Waals surface area contributed by atoms with E-state index in [9.17, 15) is 4.79 Å². The first-order valence-corrected chi connectivity index (χ1v) is 9.28. The molecule has 0 saturated carbocycles. The van der Waals surface area contributed by atoms with Crippen LogP contribution in [0, 0.1) is 0 Å². The van der Waals surface area contributed by atoms with Crippen LogP contribution in [0.15, 0.2) is 42.7 Å². The predicted molar refractivity (Wildman–Crippen MR) is 107 cm³/mol. The molecule has 2 aromatic heterocycles. The standard InChI is InChI=1S/C18H14ClN5O3S/c1-26-14-6-4-11(19)8-12(14)16(25)21-13-7-10(3-5-15(13)27-2)17-23-24-9-20-22-18(24)28-17/h3-9H,1-2H3,(H,21,25). The minimum absolute atomic E-state index is 0.321. The number of benzene rings is 2. The monoisotopic (exact) mass is 415 g/mol. The van der Waals surface area contributed by atoms with Crippen molar-refractivity contribution in [3.8, 4) is 22.1 Å². The van der Waals surface area contributed by atoms with E-state index < -0.39 is 0 Å². The van der Waals surface area contributed by atoms with Gasteiger partial charge in [0.2, 0.25) is 4.96 Å². The molecule has 1 N–H and O–H groups in total.